The lowest BCUT2D eigenvalue weighted by Crippen LogP contribution is -2.06. The molecule has 0 saturated carbocycles. The molecule has 1 aromatic heterocycles. The van der Waals surface area contributed by atoms with Crippen molar-refractivity contribution < 1.29 is 31.0 Å². The lowest BCUT2D eigenvalue weighted by Gasteiger charge is -2.14. The fourth-order valence-corrected chi connectivity index (χ4v) is 4.77. The Morgan fingerprint density at radius 1 is 0.806 bits per heavy atom. The number of anilines is 2. The van der Waals surface area contributed by atoms with E-state index in [4.69, 9.17) is 23.2 Å². The average Bonchev–Trinajstić information content (AvgIpc) is 2.77. The van der Waals surface area contributed by atoms with Gasteiger partial charge in [0.25, 0.3) is 20.2 Å². The highest BCUT2D eigenvalue weighted by Crippen LogP contribution is 2.43. The van der Waals surface area contributed by atoms with Gasteiger partial charge in [-0.15, -0.1) is 5.11 Å². The largest absolute Gasteiger partial charge is 0.505 e. The Morgan fingerprint density at radius 3 is 1.97 bits per heavy atom. The Labute approximate surface area is 213 Å². The first kappa shape index (κ1) is 25.6. The summed E-state index contributed by atoms with van der Waals surface area (Å²) in [4.78, 5) is 9.44. The number of azo groups is 1. The predicted molar refractivity (Wildman–Crippen MR) is 129 cm³/mol. The number of aromatic hydroxyl groups is 1. The second kappa shape index (κ2) is 9.53. The first-order chi connectivity index (χ1) is 16.8. The number of phenolic OH excluding ortho intramolecular Hbond substituents is 1. The monoisotopic (exact) mass is 570 g/mol. The van der Waals surface area contributed by atoms with E-state index in [-0.39, 0.29) is 33.0 Å². The number of nitrogens with one attached hydrogen (secondary N) is 1. The molecule has 0 atom stereocenters. The summed E-state index contributed by atoms with van der Waals surface area (Å²) in [6.07, 6.45) is 0. The van der Waals surface area contributed by atoms with Crippen molar-refractivity contribution in [3.63, 3.8) is 0 Å². The maximum atomic E-state index is 12.1. The van der Waals surface area contributed by atoms with Crippen molar-refractivity contribution in [3.05, 3.63) is 59.1 Å². The van der Waals surface area contributed by atoms with E-state index >= 15 is 0 Å². The van der Waals surface area contributed by atoms with E-state index in [1.54, 1.807) is 30.3 Å². The molecule has 186 valence electrons. The third kappa shape index (κ3) is 5.51. The first-order valence-electron chi connectivity index (χ1n) is 9.42. The molecule has 0 aliphatic heterocycles. The number of halogens is 2. The zero-order chi connectivity index (χ0) is 26.3. The van der Waals surface area contributed by atoms with Crippen LogP contribution in [0.4, 0.5) is 23.0 Å². The van der Waals surface area contributed by atoms with Crippen LogP contribution in [0.5, 0.6) is 5.75 Å². The van der Waals surface area contributed by atoms with Crippen LogP contribution in [0.3, 0.4) is 0 Å². The quantitative estimate of drug-likeness (QED) is 0.185. The molecule has 0 spiro atoms. The molecule has 0 saturated heterocycles. The zero-order valence-electron chi connectivity index (χ0n) is 17.4. The summed E-state index contributed by atoms with van der Waals surface area (Å²) in [6, 6.07) is 10.9. The fourth-order valence-electron chi connectivity index (χ4n) is 3.08. The topological polar surface area (TPSA) is 204 Å². The van der Waals surface area contributed by atoms with Crippen molar-refractivity contribution in [1.82, 2.24) is 15.0 Å². The standard InChI is InChI=1S/C19H12Cl2N6O7S2/c20-17-23-18(21)25-19(24-17)22-12-8-11-9(6-13(12)35(29,30)31)7-14(36(32,33)34)15(16(11)28)27-26-10-4-2-1-3-5-10/h1-8,28H,(H,29,30,31)(H,32,33,34)(H,22,23,24,25)/b27-26+. The number of benzene rings is 3. The third-order valence-electron chi connectivity index (χ3n) is 4.56. The van der Waals surface area contributed by atoms with Gasteiger partial charge in [-0.3, -0.25) is 9.11 Å². The Morgan fingerprint density at radius 2 is 1.39 bits per heavy atom. The fraction of sp³-hybridized carbons (Fsp3) is 0. The van der Waals surface area contributed by atoms with Gasteiger partial charge in [0.1, 0.15) is 15.5 Å². The van der Waals surface area contributed by atoms with Gasteiger partial charge in [-0.1, -0.05) is 18.2 Å². The number of hydrogen-bond acceptors (Lipinski definition) is 11. The summed E-state index contributed by atoms with van der Waals surface area (Å²) >= 11 is 11.5. The number of rotatable bonds is 6. The van der Waals surface area contributed by atoms with E-state index in [1.807, 2.05) is 0 Å². The molecule has 3 aromatic carbocycles. The molecule has 13 nitrogen and oxygen atoms in total. The lowest BCUT2D eigenvalue weighted by molar-refractivity contribution is 0.472. The molecule has 4 N–H and O–H groups in total. The van der Waals surface area contributed by atoms with Crippen molar-refractivity contribution in [2.45, 2.75) is 9.79 Å². The Bertz CT molecular complexity index is 1730. The minimum Gasteiger partial charge on any atom is -0.505 e. The van der Waals surface area contributed by atoms with Crippen LogP contribution in [0.15, 0.2) is 68.6 Å². The first-order valence-corrected chi connectivity index (χ1v) is 13.1. The number of phenols is 1. The number of aromatic nitrogens is 3. The Kier molecular flexibility index (Phi) is 6.78. The second-order valence-electron chi connectivity index (χ2n) is 6.95. The third-order valence-corrected chi connectivity index (χ3v) is 6.65. The lowest BCUT2D eigenvalue weighted by atomic mass is 10.1. The van der Waals surface area contributed by atoms with Gasteiger partial charge < -0.3 is 10.4 Å². The SMILES string of the molecule is O=S(=O)(O)c1cc2cc(S(=O)(=O)O)c(/N=N/c3ccccc3)c(O)c2cc1Nc1nc(Cl)nc(Cl)n1. The maximum absolute atomic E-state index is 12.1. The van der Waals surface area contributed by atoms with Crippen molar-refractivity contribution in [1.29, 1.82) is 0 Å². The van der Waals surface area contributed by atoms with Gasteiger partial charge in [0, 0.05) is 5.39 Å². The van der Waals surface area contributed by atoms with Gasteiger partial charge >= 0.3 is 0 Å². The molecule has 0 radical (unpaired) electrons. The number of fused-ring (bicyclic) bond motifs is 1. The van der Waals surface area contributed by atoms with E-state index in [0.717, 1.165) is 18.2 Å². The van der Waals surface area contributed by atoms with Crippen LogP contribution in [-0.2, 0) is 20.2 Å². The van der Waals surface area contributed by atoms with Gasteiger partial charge in [-0.2, -0.15) is 36.9 Å². The van der Waals surface area contributed by atoms with Crippen LogP contribution >= 0.6 is 23.2 Å². The summed E-state index contributed by atoms with van der Waals surface area (Å²) in [5.74, 6) is -1.07. The molecule has 1 heterocycles. The average molecular weight is 571 g/mol. The molecule has 36 heavy (non-hydrogen) atoms. The van der Waals surface area contributed by atoms with E-state index < -0.39 is 41.5 Å². The van der Waals surface area contributed by atoms with Gasteiger partial charge in [0.15, 0.2) is 5.75 Å². The highest BCUT2D eigenvalue weighted by molar-refractivity contribution is 7.86. The molecule has 0 aliphatic carbocycles. The van der Waals surface area contributed by atoms with E-state index in [0.29, 0.717) is 5.69 Å². The Hall–Kier alpha value is -3.47. The number of hydrogen-bond donors (Lipinski definition) is 4. The summed E-state index contributed by atoms with van der Waals surface area (Å²) < 4.78 is 67.6. The van der Waals surface area contributed by atoms with Crippen molar-refractivity contribution in [3.8, 4) is 5.75 Å². The smallest absolute Gasteiger partial charge is 0.296 e. The summed E-state index contributed by atoms with van der Waals surface area (Å²) in [5, 5.41) is 20.1. The van der Waals surface area contributed by atoms with Crippen LogP contribution in [0, 0.1) is 0 Å². The Balaban J connectivity index is 1.99. The molecule has 4 rings (SSSR count). The second-order valence-corrected chi connectivity index (χ2v) is 10.4. The van der Waals surface area contributed by atoms with Crippen molar-refractivity contribution in [2.75, 3.05) is 5.32 Å². The molecule has 0 bridgehead atoms. The maximum Gasteiger partial charge on any atom is 0.296 e. The van der Waals surface area contributed by atoms with E-state index in [9.17, 15) is 31.0 Å². The van der Waals surface area contributed by atoms with Crippen LogP contribution in [-0.4, -0.2) is 46.0 Å². The van der Waals surface area contributed by atoms with E-state index in [2.05, 4.69) is 30.5 Å². The number of nitrogens with zero attached hydrogens (tertiary/aromatic N) is 5. The molecule has 17 heteroatoms. The molecule has 0 aliphatic rings. The molecule has 4 aromatic rings. The van der Waals surface area contributed by atoms with Crippen LogP contribution in [0.25, 0.3) is 10.8 Å². The minimum atomic E-state index is -4.97. The molecular formula is C19H12Cl2N6O7S2. The zero-order valence-corrected chi connectivity index (χ0v) is 20.5. The van der Waals surface area contributed by atoms with E-state index in [1.165, 1.54) is 0 Å². The van der Waals surface area contributed by atoms with Crippen molar-refractivity contribution >= 4 is 77.2 Å². The van der Waals surface area contributed by atoms with Gasteiger partial charge in [-0.05, 0) is 58.9 Å². The van der Waals surface area contributed by atoms with Gasteiger partial charge in [-0.25, -0.2) is 0 Å². The van der Waals surface area contributed by atoms with Crippen LogP contribution < -0.4 is 5.32 Å². The highest BCUT2D eigenvalue weighted by Gasteiger charge is 2.25. The van der Waals surface area contributed by atoms with Gasteiger partial charge in [0.05, 0.1) is 11.4 Å². The molecular weight excluding hydrogens is 559 g/mol. The van der Waals surface area contributed by atoms with Crippen molar-refractivity contribution in [2.24, 2.45) is 10.2 Å². The highest BCUT2D eigenvalue weighted by atomic mass is 35.5. The molecule has 0 fully saturated rings. The normalized spacial score (nSPS) is 12.3. The van der Waals surface area contributed by atoms with Gasteiger partial charge in [0.2, 0.25) is 16.5 Å². The van der Waals surface area contributed by atoms with Crippen LogP contribution in [0.2, 0.25) is 10.6 Å². The summed E-state index contributed by atoms with van der Waals surface area (Å²) in [7, 11) is -9.88. The summed E-state index contributed by atoms with van der Waals surface area (Å²) in [5.41, 5.74) is -0.652. The van der Waals surface area contributed by atoms with Crippen LogP contribution in [0.1, 0.15) is 0 Å². The molecule has 0 amide bonds. The molecule has 0 unspecified atom stereocenters. The predicted octanol–water partition coefficient (Wildman–Crippen LogP) is 4.69. The minimum absolute atomic E-state index is 0.134. The summed E-state index contributed by atoms with van der Waals surface area (Å²) in [6.45, 7) is 0.